The van der Waals surface area contributed by atoms with Crippen LogP contribution in [0, 0.1) is 11.8 Å². The van der Waals surface area contributed by atoms with Gasteiger partial charge in [0.15, 0.2) is 0 Å². The summed E-state index contributed by atoms with van der Waals surface area (Å²) in [5, 5.41) is 3.74. The lowest BCUT2D eigenvalue weighted by molar-refractivity contribution is -0.203. The molecule has 5 atom stereocenters. The van der Waals surface area contributed by atoms with E-state index >= 15 is 0 Å². The zero-order valence-corrected chi connectivity index (χ0v) is 17.1. The van der Waals surface area contributed by atoms with Gasteiger partial charge in [0, 0.05) is 4.91 Å². The second-order valence-electron chi connectivity index (χ2n) is 7.61. The minimum absolute atomic E-state index is 0.0942. The molecule has 0 unspecified atom stereocenters. The number of nitrogens with zero attached hydrogens (tertiary/aromatic N) is 3. The van der Waals surface area contributed by atoms with Crippen molar-refractivity contribution in [2.24, 2.45) is 17.0 Å². The van der Waals surface area contributed by atoms with Crippen LogP contribution in [0.25, 0.3) is 10.4 Å². The maximum absolute atomic E-state index is 8.70. The number of benzene rings is 2. The van der Waals surface area contributed by atoms with Crippen LogP contribution in [0.3, 0.4) is 0 Å². The minimum atomic E-state index is -0.215. The molecule has 1 aliphatic rings. The van der Waals surface area contributed by atoms with Crippen LogP contribution in [-0.2, 0) is 27.4 Å². The standard InChI is InChI=1S/C23H29N3O3/c1-17-18(2)23(28-15-20-11-7-4-8-12-20)22(29-21(17)13-25-26-24)16-27-14-19-9-5-3-6-10-19/h3-12,17-18,21-23H,13-16H2,1-2H3/t17-,18+,21+,22+,23-/m0/s1. The first-order valence-corrected chi connectivity index (χ1v) is 10.1. The van der Waals surface area contributed by atoms with E-state index in [-0.39, 0.29) is 30.1 Å². The Morgan fingerprint density at radius 2 is 1.52 bits per heavy atom. The van der Waals surface area contributed by atoms with Gasteiger partial charge in [0.2, 0.25) is 0 Å². The molecule has 0 radical (unpaired) electrons. The topological polar surface area (TPSA) is 76.5 Å². The molecule has 0 aliphatic carbocycles. The fraction of sp³-hybridized carbons (Fsp3) is 0.478. The van der Waals surface area contributed by atoms with E-state index < -0.39 is 0 Å². The average Bonchev–Trinajstić information content (AvgIpc) is 2.76. The summed E-state index contributed by atoms with van der Waals surface area (Å²) >= 11 is 0. The van der Waals surface area contributed by atoms with Gasteiger partial charge < -0.3 is 14.2 Å². The molecule has 6 heteroatoms. The van der Waals surface area contributed by atoms with Crippen molar-refractivity contribution < 1.29 is 14.2 Å². The van der Waals surface area contributed by atoms with Crippen molar-refractivity contribution in [3.8, 4) is 0 Å². The maximum atomic E-state index is 8.70. The van der Waals surface area contributed by atoms with Crippen LogP contribution in [0.4, 0.5) is 0 Å². The number of ether oxygens (including phenoxy) is 3. The van der Waals surface area contributed by atoms with Crippen molar-refractivity contribution in [1.29, 1.82) is 0 Å². The molecule has 1 heterocycles. The third-order valence-electron chi connectivity index (χ3n) is 5.65. The van der Waals surface area contributed by atoms with E-state index in [1.807, 2.05) is 48.5 Å². The molecular weight excluding hydrogens is 366 g/mol. The van der Waals surface area contributed by atoms with Gasteiger partial charge in [0.25, 0.3) is 0 Å². The zero-order chi connectivity index (χ0) is 20.5. The second-order valence-corrected chi connectivity index (χ2v) is 7.61. The van der Waals surface area contributed by atoms with Gasteiger partial charge in [-0.05, 0) is 28.5 Å². The summed E-state index contributed by atoms with van der Waals surface area (Å²) in [6, 6.07) is 20.2. The normalized spacial score (nSPS) is 26.6. The van der Waals surface area contributed by atoms with Gasteiger partial charge in [0.1, 0.15) is 6.10 Å². The van der Waals surface area contributed by atoms with E-state index in [9.17, 15) is 0 Å². The number of hydrogen-bond donors (Lipinski definition) is 0. The van der Waals surface area contributed by atoms with Gasteiger partial charge in [-0.3, -0.25) is 0 Å². The SMILES string of the molecule is C[C@@H]1[C@H](C)[C@@H](CN=[N+]=[N-])O[C@H](COCc2ccccc2)[C@H]1OCc1ccccc1. The first kappa shape index (κ1) is 21.3. The summed E-state index contributed by atoms with van der Waals surface area (Å²) in [6.07, 6.45) is -0.446. The van der Waals surface area contributed by atoms with Crippen LogP contribution in [-0.4, -0.2) is 31.5 Å². The van der Waals surface area contributed by atoms with Gasteiger partial charge in [-0.25, -0.2) is 0 Å². The van der Waals surface area contributed by atoms with Crippen molar-refractivity contribution in [3.63, 3.8) is 0 Å². The molecule has 0 amide bonds. The summed E-state index contributed by atoms with van der Waals surface area (Å²) < 4.78 is 18.6. The van der Waals surface area contributed by atoms with Crippen LogP contribution < -0.4 is 0 Å². The first-order valence-electron chi connectivity index (χ1n) is 10.1. The first-order chi connectivity index (χ1) is 14.2. The Balaban J connectivity index is 1.66. The van der Waals surface area contributed by atoms with Crippen molar-refractivity contribution in [2.75, 3.05) is 13.2 Å². The second kappa shape index (κ2) is 11.0. The van der Waals surface area contributed by atoms with Gasteiger partial charge >= 0.3 is 0 Å². The van der Waals surface area contributed by atoms with Gasteiger partial charge in [0.05, 0.1) is 38.6 Å². The van der Waals surface area contributed by atoms with Crippen molar-refractivity contribution in [3.05, 3.63) is 82.2 Å². The highest BCUT2D eigenvalue weighted by molar-refractivity contribution is 5.14. The molecule has 2 aromatic carbocycles. The molecule has 3 rings (SSSR count). The van der Waals surface area contributed by atoms with E-state index in [2.05, 4.69) is 36.0 Å². The molecular formula is C23H29N3O3. The summed E-state index contributed by atoms with van der Waals surface area (Å²) in [5.41, 5.74) is 11.0. The minimum Gasteiger partial charge on any atom is -0.374 e. The predicted octanol–water partition coefficient (Wildman–Crippen LogP) is 5.14. The summed E-state index contributed by atoms with van der Waals surface area (Å²) in [5.74, 6) is 0.461. The monoisotopic (exact) mass is 395 g/mol. The number of rotatable bonds is 9. The largest absolute Gasteiger partial charge is 0.374 e. The van der Waals surface area contributed by atoms with Gasteiger partial charge in [-0.15, -0.1) is 0 Å². The molecule has 29 heavy (non-hydrogen) atoms. The Morgan fingerprint density at radius 3 is 2.14 bits per heavy atom. The van der Waals surface area contributed by atoms with E-state index in [0.717, 1.165) is 11.1 Å². The van der Waals surface area contributed by atoms with E-state index in [1.165, 1.54) is 0 Å². The molecule has 0 saturated carbocycles. The predicted molar refractivity (Wildman–Crippen MR) is 112 cm³/mol. The molecule has 2 aromatic rings. The van der Waals surface area contributed by atoms with Crippen molar-refractivity contribution >= 4 is 0 Å². The summed E-state index contributed by atoms with van der Waals surface area (Å²) in [4.78, 5) is 2.89. The number of hydrogen-bond acceptors (Lipinski definition) is 4. The van der Waals surface area contributed by atoms with Crippen LogP contribution in [0.15, 0.2) is 65.8 Å². The Bertz CT molecular complexity index is 780. The molecule has 1 saturated heterocycles. The molecule has 0 N–H and O–H groups in total. The van der Waals surface area contributed by atoms with Crippen molar-refractivity contribution in [2.45, 2.75) is 45.4 Å². The lowest BCUT2D eigenvalue weighted by Crippen LogP contribution is -2.52. The molecule has 0 aromatic heterocycles. The van der Waals surface area contributed by atoms with E-state index in [1.54, 1.807) is 0 Å². The summed E-state index contributed by atoms with van der Waals surface area (Å²) in [7, 11) is 0. The Labute approximate surface area is 172 Å². The fourth-order valence-electron chi connectivity index (χ4n) is 3.76. The van der Waals surface area contributed by atoms with Gasteiger partial charge in [-0.1, -0.05) is 79.6 Å². The number of azide groups is 1. The van der Waals surface area contributed by atoms with Gasteiger partial charge in [-0.2, -0.15) is 0 Å². The van der Waals surface area contributed by atoms with Crippen LogP contribution in [0.1, 0.15) is 25.0 Å². The van der Waals surface area contributed by atoms with E-state index in [4.69, 9.17) is 19.7 Å². The van der Waals surface area contributed by atoms with Crippen LogP contribution in [0.2, 0.25) is 0 Å². The quantitative estimate of drug-likeness (QED) is 0.335. The summed E-state index contributed by atoms with van der Waals surface area (Å²) in [6.45, 7) is 6.11. The third-order valence-corrected chi connectivity index (χ3v) is 5.65. The Kier molecular flexibility index (Phi) is 8.08. The third kappa shape index (κ3) is 6.05. The van der Waals surface area contributed by atoms with Crippen molar-refractivity contribution in [1.82, 2.24) is 0 Å². The molecule has 6 nitrogen and oxygen atoms in total. The molecule has 0 spiro atoms. The zero-order valence-electron chi connectivity index (χ0n) is 17.1. The average molecular weight is 396 g/mol. The molecule has 1 fully saturated rings. The Hall–Kier alpha value is -2.37. The highest BCUT2D eigenvalue weighted by atomic mass is 16.6. The molecule has 0 bridgehead atoms. The smallest absolute Gasteiger partial charge is 0.108 e. The van der Waals surface area contributed by atoms with Crippen LogP contribution in [0.5, 0.6) is 0 Å². The highest BCUT2D eigenvalue weighted by Gasteiger charge is 2.41. The highest BCUT2D eigenvalue weighted by Crippen LogP contribution is 2.33. The lowest BCUT2D eigenvalue weighted by Gasteiger charge is -2.44. The lowest BCUT2D eigenvalue weighted by atomic mass is 9.81. The molecule has 1 aliphatic heterocycles. The van der Waals surface area contributed by atoms with Crippen LogP contribution >= 0.6 is 0 Å². The fourth-order valence-corrected chi connectivity index (χ4v) is 3.76. The van der Waals surface area contributed by atoms with E-state index in [0.29, 0.717) is 26.4 Å². The molecule has 154 valence electrons. The maximum Gasteiger partial charge on any atom is 0.108 e. The Morgan fingerprint density at radius 1 is 0.897 bits per heavy atom.